The number of nitrogens with one attached hydrogen (secondary N) is 1. The van der Waals surface area contributed by atoms with Gasteiger partial charge in [0.05, 0.1) is 11.9 Å². The van der Waals surface area contributed by atoms with Crippen molar-refractivity contribution < 1.29 is 13.2 Å². The molecule has 1 aromatic carbocycles. The van der Waals surface area contributed by atoms with Gasteiger partial charge in [-0.3, -0.25) is 9.10 Å². The van der Waals surface area contributed by atoms with Crippen LogP contribution >= 0.6 is 0 Å². The molecule has 1 amide bonds. The monoisotopic (exact) mass is 298 g/mol. The molecule has 1 N–H and O–H groups in total. The Morgan fingerprint density at radius 1 is 1.30 bits per heavy atom. The molecule has 0 aromatic heterocycles. The Balaban J connectivity index is 2.92. The molecule has 1 unspecified atom stereocenters. The van der Waals surface area contributed by atoms with Gasteiger partial charge in [0.25, 0.3) is 0 Å². The summed E-state index contributed by atoms with van der Waals surface area (Å²) < 4.78 is 24.8. The summed E-state index contributed by atoms with van der Waals surface area (Å²) in [5.41, 5.74) is 1.53. The van der Waals surface area contributed by atoms with E-state index in [0.29, 0.717) is 5.69 Å². The van der Waals surface area contributed by atoms with Crippen molar-refractivity contribution in [3.63, 3.8) is 0 Å². The number of hydrogen-bond acceptors (Lipinski definition) is 3. The van der Waals surface area contributed by atoms with E-state index in [0.717, 1.165) is 22.5 Å². The molecule has 5 nitrogen and oxygen atoms in total. The molecule has 0 aliphatic carbocycles. The molecule has 0 aliphatic heterocycles. The molecular weight excluding hydrogens is 276 g/mol. The van der Waals surface area contributed by atoms with Crippen LogP contribution in [0.25, 0.3) is 0 Å². The van der Waals surface area contributed by atoms with Gasteiger partial charge in [0, 0.05) is 6.04 Å². The number of aryl methyl sites for hydroxylation is 1. The number of hydrogen-bond donors (Lipinski definition) is 1. The van der Waals surface area contributed by atoms with Crippen molar-refractivity contribution in [2.45, 2.75) is 33.2 Å². The standard InChI is InChI=1S/C14H22N2O3S/c1-5-12(3)15-14(17)10-16(20(4,18)19)13-8-6-11(2)7-9-13/h6-9,12H,5,10H2,1-4H3,(H,15,17). The molecule has 1 atom stereocenters. The van der Waals surface area contributed by atoms with Crippen molar-refractivity contribution in [2.24, 2.45) is 0 Å². The highest BCUT2D eigenvalue weighted by Crippen LogP contribution is 2.17. The fraction of sp³-hybridized carbons (Fsp3) is 0.500. The van der Waals surface area contributed by atoms with Gasteiger partial charge in [-0.25, -0.2) is 8.42 Å². The topological polar surface area (TPSA) is 66.5 Å². The van der Waals surface area contributed by atoms with E-state index in [1.54, 1.807) is 12.1 Å². The molecule has 20 heavy (non-hydrogen) atoms. The maximum atomic E-state index is 11.9. The number of benzene rings is 1. The second-order valence-electron chi connectivity index (χ2n) is 4.98. The first-order valence-corrected chi connectivity index (χ1v) is 8.42. The lowest BCUT2D eigenvalue weighted by atomic mass is 10.2. The maximum Gasteiger partial charge on any atom is 0.240 e. The zero-order valence-corrected chi connectivity index (χ0v) is 13.2. The fourth-order valence-electron chi connectivity index (χ4n) is 1.66. The third-order valence-corrected chi connectivity index (χ3v) is 4.17. The van der Waals surface area contributed by atoms with Crippen LogP contribution < -0.4 is 9.62 Å². The van der Waals surface area contributed by atoms with Gasteiger partial charge in [0.2, 0.25) is 15.9 Å². The Hall–Kier alpha value is -1.56. The predicted molar refractivity (Wildman–Crippen MR) is 81.3 cm³/mol. The van der Waals surface area contributed by atoms with Gasteiger partial charge in [0.1, 0.15) is 6.54 Å². The zero-order chi connectivity index (χ0) is 15.3. The Morgan fingerprint density at radius 3 is 2.30 bits per heavy atom. The molecule has 0 spiro atoms. The van der Waals surface area contributed by atoms with Crippen molar-refractivity contribution in [1.82, 2.24) is 5.32 Å². The molecule has 0 bridgehead atoms. The summed E-state index contributed by atoms with van der Waals surface area (Å²) in [6.07, 6.45) is 1.90. The van der Waals surface area contributed by atoms with E-state index in [2.05, 4.69) is 5.32 Å². The van der Waals surface area contributed by atoms with Gasteiger partial charge in [0.15, 0.2) is 0 Å². The summed E-state index contributed by atoms with van der Waals surface area (Å²) >= 11 is 0. The summed E-state index contributed by atoms with van der Waals surface area (Å²) in [5.74, 6) is -0.301. The third kappa shape index (κ3) is 4.85. The number of carbonyl (C=O) groups is 1. The minimum Gasteiger partial charge on any atom is -0.352 e. The van der Waals surface area contributed by atoms with E-state index in [4.69, 9.17) is 0 Å². The van der Waals surface area contributed by atoms with E-state index in [1.807, 2.05) is 32.9 Å². The van der Waals surface area contributed by atoms with Crippen LogP contribution in [-0.4, -0.2) is 33.2 Å². The van der Waals surface area contributed by atoms with E-state index < -0.39 is 10.0 Å². The Bertz CT molecular complexity index is 552. The number of amides is 1. The molecule has 1 aromatic rings. The van der Waals surface area contributed by atoms with Crippen LogP contribution in [0.5, 0.6) is 0 Å². The lowest BCUT2D eigenvalue weighted by molar-refractivity contribution is -0.120. The lowest BCUT2D eigenvalue weighted by Gasteiger charge is -2.23. The highest BCUT2D eigenvalue weighted by atomic mass is 32.2. The smallest absolute Gasteiger partial charge is 0.240 e. The van der Waals surface area contributed by atoms with Crippen LogP contribution in [0.15, 0.2) is 24.3 Å². The average molecular weight is 298 g/mol. The number of anilines is 1. The normalized spacial score (nSPS) is 12.8. The number of rotatable bonds is 6. The van der Waals surface area contributed by atoms with Crippen LogP contribution in [0.3, 0.4) is 0 Å². The summed E-state index contributed by atoms with van der Waals surface area (Å²) in [7, 11) is -3.50. The van der Waals surface area contributed by atoms with Gasteiger partial charge in [-0.1, -0.05) is 24.6 Å². The van der Waals surface area contributed by atoms with Crippen molar-refractivity contribution >= 4 is 21.6 Å². The van der Waals surface area contributed by atoms with E-state index in [-0.39, 0.29) is 18.5 Å². The summed E-state index contributed by atoms with van der Waals surface area (Å²) in [6.45, 7) is 5.56. The van der Waals surface area contributed by atoms with Crippen LogP contribution in [0, 0.1) is 6.92 Å². The SMILES string of the molecule is CCC(C)NC(=O)CN(c1ccc(C)cc1)S(C)(=O)=O. The molecule has 112 valence electrons. The van der Waals surface area contributed by atoms with Gasteiger partial charge in [-0.2, -0.15) is 0 Å². The molecule has 1 rings (SSSR count). The molecule has 6 heteroatoms. The second kappa shape index (κ2) is 6.74. The highest BCUT2D eigenvalue weighted by Gasteiger charge is 2.21. The van der Waals surface area contributed by atoms with Crippen molar-refractivity contribution in [3.05, 3.63) is 29.8 Å². The average Bonchev–Trinajstić information content (AvgIpc) is 2.36. The molecule has 0 radical (unpaired) electrons. The van der Waals surface area contributed by atoms with Crippen LogP contribution in [0.1, 0.15) is 25.8 Å². The molecule has 0 fully saturated rings. The zero-order valence-electron chi connectivity index (χ0n) is 12.4. The number of carbonyl (C=O) groups excluding carboxylic acids is 1. The minimum absolute atomic E-state index is 0.0296. The first-order valence-electron chi connectivity index (χ1n) is 6.57. The quantitative estimate of drug-likeness (QED) is 0.869. The van der Waals surface area contributed by atoms with Gasteiger partial charge in [-0.05, 0) is 32.4 Å². The van der Waals surface area contributed by atoms with E-state index in [1.165, 1.54) is 0 Å². The fourth-order valence-corrected chi connectivity index (χ4v) is 2.52. The first kappa shape index (κ1) is 16.5. The van der Waals surface area contributed by atoms with E-state index in [9.17, 15) is 13.2 Å². The van der Waals surface area contributed by atoms with Gasteiger partial charge >= 0.3 is 0 Å². The summed E-state index contributed by atoms with van der Waals surface area (Å²) in [6, 6.07) is 7.07. The summed E-state index contributed by atoms with van der Waals surface area (Å²) in [5, 5.41) is 2.77. The highest BCUT2D eigenvalue weighted by molar-refractivity contribution is 7.92. The molecule has 0 saturated heterocycles. The van der Waals surface area contributed by atoms with Crippen molar-refractivity contribution in [1.29, 1.82) is 0 Å². The van der Waals surface area contributed by atoms with Gasteiger partial charge < -0.3 is 5.32 Å². The Morgan fingerprint density at radius 2 is 1.85 bits per heavy atom. The van der Waals surface area contributed by atoms with Gasteiger partial charge in [-0.15, -0.1) is 0 Å². The maximum absolute atomic E-state index is 11.9. The largest absolute Gasteiger partial charge is 0.352 e. The molecular formula is C14H22N2O3S. The predicted octanol–water partition coefficient (Wildman–Crippen LogP) is 1.68. The Kier molecular flexibility index (Phi) is 5.56. The first-order chi connectivity index (χ1) is 9.24. The Labute approximate surface area is 121 Å². The van der Waals surface area contributed by atoms with E-state index >= 15 is 0 Å². The molecule has 0 heterocycles. The lowest BCUT2D eigenvalue weighted by Crippen LogP contribution is -2.43. The minimum atomic E-state index is -3.50. The molecule has 0 aliphatic rings. The van der Waals surface area contributed by atoms with Crippen LogP contribution in [-0.2, 0) is 14.8 Å². The summed E-state index contributed by atoms with van der Waals surface area (Å²) in [4.78, 5) is 11.9. The molecule has 0 saturated carbocycles. The second-order valence-corrected chi connectivity index (χ2v) is 6.89. The van der Waals surface area contributed by atoms with Crippen molar-refractivity contribution in [2.75, 3.05) is 17.1 Å². The van der Waals surface area contributed by atoms with Crippen LogP contribution in [0.4, 0.5) is 5.69 Å². The third-order valence-electron chi connectivity index (χ3n) is 3.03. The van der Waals surface area contributed by atoms with Crippen molar-refractivity contribution in [3.8, 4) is 0 Å². The number of nitrogens with zero attached hydrogens (tertiary/aromatic N) is 1. The van der Waals surface area contributed by atoms with Crippen LogP contribution in [0.2, 0.25) is 0 Å². The number of sulfonamides is 1.